The van der Waals surface area contributed by atoms with Gasteiger partial charge in [-0.15, -0.1) is 201 Å². The summed E-state index contributed by atoms with van der Waals surface area (Å²) in [4.78, 5) is 31.1. The van der Waals surface area contributed by atoms with E-state index in [0.29, 0.717) is 0 Å². The maximum Gasteiger partial charge on any atom is 2.00 e. The van der Waals surface area contributed by atoms with E-state index in [1.807, 2.05) is 134 Å². The topological polar surface area (TPSA) is 143 Å². The molecule has 0 N–H and O–H groups in total. The molecule has 0 fully saturated rings. The van der Waals surface area contributed by atoms with Crippen LogP contribution in [0.15, 0.2) is 461 Å². The van der Waals surface area contributed by atoms with E-state index in [1.165, 1.54) is 27.6 Å². The number of para-hydroxylation sites is 8. The molecule has 0 saturated carbocycles. The minimum absolute atomic E-state index is 0. The normalized spacial score (nSPS) is 12.0. The summed E-state index contributed by atoms with van der Waals surface area (Å²) in [5.74, 6) is 0.825. The number of imidazole rings is 1. The molecule has 0 aliphatic heterocycles. The first-order valence-electron chi connectivity index (χ1n) is 47.0. The summed E-state index contributed by atoms with van der Waals surface area (Å²) in [5.41, 5.74) is 31.4. The predicted molar refractivity (Wildman–Crippen MR) is 565 cm³/mol. The van der Waals surface area contributed by atoms with Crippen molar-refractivity contribution in [3.63, 3.8) is 0 Å². The summed E-state index contributed by atoms with van der Waals surface area (Å²) in [6, 6.07) is 160. The molecule has 0 bridgehead atoms. The Morgan fingerprint density at radius 2 is 0.618 bits per heavy atom. The number of benzene rings is 16. The molecule has 144 heavy (non-hydrogen) atoms. The molecule has 0 amide bonds. The van der Waals surface area contributed by atoms with E-state index in [2.05, 4.69) is 362 Å². The summed E-state index contributed by atoms with van der Waals surface area (Å²) in [6.45, 7) is 4.41. The number of hydrogen-bond acceptors (Lipinski definition) is 11. The number of hydrogen-bond donors (Lipinski definition) is 0. The third-order valence-electron chi connectivity index (χ3n) is 27.3. The minimum atomic E-state index is -0.696. The fourth-order valence-electron chi connectivity index (χ4n) is 20.5. The van der Waals surface area contributed by atoms with Gasteiger partial charge in [-0.25, -0.2) is 0 Å². The second-order valence-electron chi connectivity index (χ2n) is 35.8. The Kier molecular flexibility index (Phi) is 24.1. The van der Waals surface area contributed by atoms with Crippen LogP contribution in [-0.2, 0) is 74.0 Å². The molecule has 1 aliphatic carbocycles. The smallest absolute Gasteiger partial charge is 0.455 e. The average Bonchev–Trinajstić information content (AvgIpc) is 1.53. The number of furan rings is 4. The van der Waals surface area contributed by atoms with Crippen LogP contribution in [0.2, 0.25) is 0 Å². The molecule has 0 saturated heterocycles. The Hall–Kier alpha value is -16.7. The van der Waals surface area contributed by atoms with E-state index >= 15 is 0 Å². The first-order chi connectivity index (χ1) is 69.6. The van der Waals surface area contributed by atoms with Gasteiger partial charge in [0.15, 0.2) is 22.3 Å². The van der Waals surface area contributed by atoms with Crippen LogP contribution in [0.5, 0.6) is 0 Å². The zero-order valence-electron chi connectivity index (χ0n) is 77.3. The summed E-state index contributed by atoms with van der Waals surface area (Å²) in [5, 5.41) is 10.8. The van der Waals surface area contributed by atoms with Crippen LogP contribution < -0.4 is 4.90 Å². The Morgan fingerprint density at radius 1 is 0.271 bits per heavy atom. The predicted octanol–water partition coefficient (Wildman–Crippen LogP) is 31.9. The maximum atomic E-state index is 6.10. The molecule has 0 unspecified atom stereocenters. The van der Waals surface area contributed by atoms with Crippen LogP contribution in [-0.4, -0.2) is 39.0 Å². The molecule has 16 heteroatoms. The van der Waals surface area contributed by atoms with E-state index in [-0.39, 0.29) is 68.6 Å². The quantitative estimate of drug-likeness (QED) is 0.0905. The van der Waals surface area contributed by atoms with Gasteiger partial charge in [-0.1, -0.05) is 238 Å². The van der Waals surface area contributed by atoms with Crippen molar-refractivity contribution < 1.29 is 80.9 Å². The van der Waals surface area contributed by atoms with Gasteiger partial charge in [0, 0.05) is 94.9 Å². The Morgan fingerprint density at radius 3 is 1.08 bits per heavy atom. The van der Waals surface area contributed by atoms with E-state index < -0.39 is 5.41 Å². The molecule has 0 spiro atoms. The van der Waals surface area contributed by atoms with Gasteiger partial charge in [-0.05, 0) is 134 Å². The molecule has 690 valence electrons. The second kappa shape index (κ2) is 38.1. The molecule has 0 radical (unpaired) electrons. The second-order valence-corrected chi connectivity index (χ2v) is 35.8. The third kappa shape index (κ3) is 16.1. The molecule has 1 aliphatic rings. The number of rotatable bonds is 15. The van der Waals surface area contributed by atoms with Crippen molar-refractivity contribution in [2.45, 2.75) is 24.7 Å². The van der Waals surface area contributed by atoms with Crippen molar-refractivity contribution in [3.8, 4) is 90.2 Å². The molecule has 11 heterocycles. The summed E-state index contributed by atoms with van der Waals surface area (Å²) in [7, 11) is 0. The fraction of sp³-hybridized carbons (Fsp3) is 0.0312. The van der Waals surface area contributed by atoms with Crippen LogP contribution in [0.4, 0.5) is 17.1 Å². The van der Waals surface area contributed by atoms with E-state index in [4.69, 9.17) is 47.6 Å². The molecule has 0 atom stereocenters. The first kappa shape index (κ1) is 91.1. The molecular weight excluding hydrogens is 2310 g/mol. The van der Waals surface area contributed by atoms with Gasteiger partial charge < -0.3 is 56.6 Å². The van der Waals surface area contributed by atoms with Crippen LogP contribution >= 0.6 is 0 Å². The van der Waals surface area contributed by atoms with Gasteiger partial charge in [0.05, 0.1) is 41.6 Å². The largest absolute Gasteiger partial charge is 2.00 e. The number of pyridine rings is 5. The first-order valence-corrected chi connectivity index (χ1v) is 47.0. The van der Waals surface area contributed by atoms with Crippen LogP contribution in [0.3, 0.4) is 0 Å². The van der Waals surface area contributed by atoms with Crippen LogP contribution in [0.1, 0.15) is 47.2 Å². The Bertz CT molecular complexity index is 9190. The zero-order chi connectivity index (χ0) is 93.6. The zero-order valence-corrected chi connectivity index (χ0v) is 84.1. The molecule has 28 rings (SSSR count). The molecule has 13 nitrogen and oxygen atoms in total. The van der Waals surface area contributed by atoms with Crippen LogP contribution in [0, 0.1) is 36.4 Å². The molecule has 27 aromatic rings. The van der Waals surface area contributed by atoms with Gasteiger partial charge in [-0.2, -0.15) is 0 Å². The SMILES string of the molecule is CC(C)(c1[c-]c(-c2cc3c(cn2)oc2ccccc23)ccc1)c1[c-]c(-c2cc3c(cn2)oc2ccccc23)ccc1.[Pt+2].[Pt+2].[Pt+2].[c-]1c(-c2cc3c(cn2)oc2ccccc23)cccc1C1(c2[c-]c(-c3cc4c(cn3)oc3ccccc34)ccc2)c2ccccc2-c2ccccc21.[c-]1c(-c2cc3c4ccccc4n(-c4ccccc4)c3cn2)cccc1N(c1[c-]c(-c2nccn2-c2ccccc2)ccc1)c1ccccc1. The van der Waals surface area contributed by atoms with Gasteiger partial charge in [0.25, 0.3) is 0 Å². The standard InChI is InChI=1S/C47H26N2O2.C44H29N5.C37H24N2O2.3Pt/c1-5-19-39-33(15-1)34-16-2-6-20-40(34)47(39,31-13-9-11-29(23-31)41-25-37-35-17-3-7-21-43(35)50-45(37)27-48-41)32-14-10-12-30(24-32)42-26-38-36-18-4-8-22-44(36)51-46(38)28-49-42;1-4-16-34(17-5-1)47-27-26-45-44(47)33-15-13-23-38(29-33)48(35-18-6-2-7-19-35)37-22-12-14-32(28-37)41-30-40-39-24-10-11-25-42(39)49(43(40)31-46-41)36-20-8-3-9-21-36;1-37(2,25-11-7-9-23(17-25)31-19-29-27-13-3-5-15-33(27)40-35(29)21-38-31)26-12-8-10-24(18-26)32-20-30-28-14-4-6-16-34(28)41-36(30)22-39-32;;;/h1-22,25-28H;1-27,30-31H;3-16,19-22H,1-2H3;;;/q3*-2;3*+2. The van der Waals surface area contributed by atoms with Crippen molar-refractivity contribution in [1.29, 1.82) is 0 Å². The minimum Gasteiger partial charge on any atom is -0.455 e. The van der Waals surface area contributed by atoms with Crippen LogP contribution in [0.25, 0.3) is 200 Å². The number of anilines is 3. The average molecular weight is 2390 g/mol. The summed E-state index contributed by atoms with van der Waals surface area (Å²) in [6.07, 6.45) is 13.1. The van der Waals surface area contributed by atoms with E-state index in [9.17, 15) is 0 Å². The van der Waals surface area contributed by atoms with Gasteiger partial charge in [0.2, 0.25) is 0 Å². The van der Waals surface area contributed by atoms with Crippen molar-refractivity contribution in [2.75, 3.05) is 4.90 Å². The third-order valence-corrected chi connectivity index (χ3v) is 27.3. The number of fused-ring (bicyclic) bond motifs is 18. The molecular formula is C128H79N9O4Pt3. The van der Waals surface area contributed by atoms with E-state index in [0.717, 1.165) is 223 Å². The molecule has 16 aromatic carbocycles. The van der Waals surface area contributed by atoms with Crippen molar-refractivity contribution in [2.24, 2.45) is 0 Å². The maximum absolute atomic E-state index is 6.10. The van der Waals surface area contributed by atoms with Gasteiger partial charge in [-0.3, -0.25) is 4.98 Å². The Labute approximate surface area is 872 Å². The monoisotopic (exact) mass is 2390 g/mol. The fourth-order valence-corrected chi connectivity index (χ4v) is 20.5. The van der Waals surface area contributed by atoms with Gasteiger partial charge >= 0.3 is 63.2 Å². The summed E-state index contributed by atoms with van der Waals surface area (Å²) < 4.78 is 28.5. The Balaban J connectivity index is 0.000000119. The molecule has 11 aromatic heterocycles. The van der Waals surface area contributed by atoms with Gasteiger partial charge in [0.1, 0.15) is 22.3 Å². The number of aromatic nitrogens is 8. The number of nitrogens with zero attached hydrogens (tertiary/aromatic N) is 9. The van der Waals surface area contributed by atoms with Crippen molar-refractivity contribution >= 4 is 127 Å². The van der Waals surface area contributed by atoms with E-state index in [1.54, 1.807) is 12.4 Å². The van der Waals surface area contributed by atoms with Crippen molar-refractivity contribution in [3.05, 3.63) is 514 Å². The summed E-state index contributed by atoms with van der Waals surface area (Å²) >= 11 is 0. The van der Waals surface area contributed by atoms with Crippen molar-refractivity contribution in [1.82, 2.24) is 39.0 Å².